The van der Waals surface area contributed by atoms with Gasteiger partial charge < -0.3 is 9.26 Å². The second-order valence-electron chi connectivity index (χ2n) is 6.05. The summed E-state index contributed by atoms with van der Waals surface area (Å²) in [6.07, 6.45) is -2.23. The Kier molecular flexibility index (Phi) is 4.26. The van der Waals surface area contributed by atoms with Gasteiger partial charge >= 0.3 is 6.36 Å². The molecule has 0 atom stereocenters. The molecule has 0 saturated heterocycles. The SMILES string of the molecule is CS(=O)(=O)CCc1noc(C2(c3cccc(OC(F)(F)F)c3)CC2)n1. The van der Waals surface area contributed by atoms with Crippen LogP contribution in [0.15, 0.2) is 28.8 Å². The van der Waals surface area contributed by atoms with Gasteiger partial charge in [-0.2, -0.15) is 4.98 Å². The maximum atomic E-state index is 12.4. The highest BCUT2D eigenvalue weighted by Crippen LogP contribution is 2.53. The fourth-order valence-corrected chi connectivity index (χ4v) is 3.12. The Hall–Kier alpha value is -2.10. The number of ether oxygens (including phenoxy) is 1. The molecule has 1 heterocycles. The molecule has 10 heteroatoms. The Morgan fingerprint density at radius 3 is 2.64 bits per heavy atom. The minimum atomic E-state index is -4.77. The lowest BCUT2D eigenvalue weighted by atomic mass is 9.95. The number of hydrogen-bond acceptors (Lipinski definition) is 6. The number of rotatable bonds is 6. The smallest absolute Gasteiger partial charge is 0.406 e. The summed E-state index contributed by atoms with van der Waals surface area (Å²) in [7, 11) is -3.15. The van der Waals surface area contributed by atoms with Crippen LogP contribution in [-0.4, -0.2) is 36.9 Å². The molecule has 1 aliphatic rings. The highest BCUT2D eigenvalue weighted by atomic mass is 32.2. The van der Waals surface area contributed by atoms with Crippen molar-refractivity contribution in [3.63, 3.8) is 0 Å². The van der Waals surface area contributed by atoms with E-state index in [9.17, 15) is 21.6 Å². The lowest BCUT2D eigenvalue weighted by molar-refractivity contribution is -0.274. The number of aryl methyl sites for hydroxylation is 1. The van der Waals surface area contributed by atoms with Crippen molar-refractivity contribution >= 4 is 9.84 Å². The van der Waals surface area contributed by atoms with Gasteiger partial charge in [-0.1, -0.05) is 17.3 Å². The van der Waals surface area contributed by atoms with E-state index in [1.807, 2.05) is 0 Å². The normalized spacial score (nSPS) is 16.6. The third-order valence-corrected chi connectivity index (χ3v) is 4.89. The van der Waals surface area contributed by atoms with E-state index < -0.39 is 21.6 Å². The third kappa shape index (κ3) is 4.30. The van der Waals surface area contributed by atoms with Crippen LogP contribution in [0, 0.1) is 0 Å². The molecule has 1 aromatic heterocycles. The van der Waals surface area contributed by atoms with Gasteiger partial charge in [0.15, 0.2) is 5.82 Å². The number of nitrogens with zero attached hydrogens (tertiary/aromatic N) is 2. The summed E-state index contributed by atoms with van der Waals surface area (Å²) in [5, 5.41) is 3.77. The molecule has 6 nitrogen and oxygen atoms in total. The molecule has 25 heavy (non-hydrogen) atoms. The van der Waals surface area contributed by atoms with E-state index in [1.165, 1.54) is 18.2 Å². The predicted octanol–water partition coefficient (Wildman–Crippen LogP) is 2.64. The van der Waals surface area contributed by atoms with E-state index in [0.717, 1.165) is 6.26 Å². The first-order valence-electron chi connectivity index (χ1n) is 7.44. The summed E-state index contributed by atoms with van der Waals surface area (Å²) >= 11 is 0. The molecular formula is C15H15F3N2O4S. The monoisotopic (exact) mass is 376 g/mol. The van der Waals surface area contributed by atoms with E-state index >= 15 is 0 Å². The van der Waals surface area contributed by atoms with Crippen LogP contribution in [0.3, 0.4) is 0 Å². The minimum Gasteiger partial charge on any atom is -0.406 e. The van der Waals surface area contributed by atoms with Gasteiger partial charge in [0.1, 0.15) is 15.6 Å². The van der Waals surface area contributed by atoms with Crippen LogP contribution in [0.25, 0.3) is 0 Å². The molecule has 0 aliphatic heterocycles. The van der Waals surface area contributed by atoms with Gasteiger partial charge in [0.2, 0.25) is 5.89 Å². The molecule has 0 unspecified atom stereocenters. The van der Waals surface area contributed by atoms with Crippen LogP contribution >= 0.6 is 0 Å². The number of halogens is 3. The zero-order valence-electron chi connectivity index (χ0n) is 13.2. The molecule has 1 fully saturated rings. The quantitative estimate of drug-likeness (QED) is 0.771. The zero-order chi connectivity index (χ0) is 18.3. The molecule has 1 aliphatic carbocycles. The van der Waals surface area contributed by atoms with Crippen LogP contribution in [0.4, 0.5) is 13.2 Å². The second kappa shape index (κ2) is 6.01. The molecule has 0 amide bonds. The van der Waals surface area contributed by atoms with Crippen LogP contribution in [0.5, 0.6) is 5.75 Å². The fourth-order valence-electron chi connectivity index (χ4n) is 2.57. The summed E-state index contributed by atoms with van der Waals surface area (Å²) < 4.78 is 68.7. The largest absolute Gasteiger partial charge is 0.573 e. The fraction of sp³-hybridized carbons (Fsp3) is 0.467. The summed E-state index contributed by atoms with van der Waals surface area (Å²) in [4.78, 5) is 4.22. The van der Waals surface area contributed by atoms with Crippen LogP contribution < -0.4 is 4.74 Å². The molecule has 0 bridgehead atoms. The lowest BCUT2D eigenvalue weighted by Crippen LogP contribution is -2.18. The average molecular weight is 376 g/mol. The van der Waals surface area contributed by atoms with Gasteiger partial charge in [0, 0.05) is 12.7 Å². The first-order chi connectivity index (χ1) is 11.6. The summed E-state index contributed by atoms with van der Waals surface area (Å²) in [5.74, 6) is 0.121. The molecular weight excluding hydrogens is 361 g/mol. The van der Waals surface area contributed by atoms with Crippen molar-refractivity contribution in [3.05, 3.63) is 41.5 Å². The first-order valence-corrected chi connectivity index (χ1v) is 9.51. The molecule has 0 radical (unpaired) electrons. The highest BCUT2D eigenvalue weighted by Gasteiger charge is 2.51. The predicted molar refractivity (Wildman–Crippen MR) is 80.9 cm³/mol. The number of benzene rings is 1. The van der Waals surface area contributed by atoms with E-state index in [1.54, 1.807) is 6.07 Å². The Morgan fingerprint density at radius 1 is 1.32 bits per heavy atom. The van der Waals surface area contributed by atoms with Crippen molar-refractivity contribution in [2.45, 2.75) is 31.0 Å². The van der Waals surface area contributed by atoms with E-state index in [2.05, 4.69) is 14.9 Å². The molecule has 0 spiro atoms. The molecule has 136 valence electrons. The molecule has 1 aromatic carbocycles. The van der Waals surface area contributed by atoms with Crippen molar-refractivity contribution in [3.8, 4) is 5.75 Å². The highest BCUT2D eigenvalue weighted by molar-refractivity contribution is 7.90. The topological polar surface area (TPSA) is 82.3 Å². The molecule has 3 rings (SSSR count). The Morgan fingerprint density at radius 2 is 2.04 bits per heavy atom. The number of alkyl halides is 3. The number of sulfone groups is 1. The van der Waals surface area contributed by atoms with E-state index in [-0.39, 0.29) is 29.6 Å². The van der Waals surface area contributed by atoms with Gasteiger partial charge in [-0.25, -0.2) is 8.42 Å². The zero-order valence-corrected chi connectivity index (χ0v) is 14.0. The van der Waals surface area contributed by atoms with Crippen molar-refractivity contribution in [1.82, 2.24) is 10.1 Å². The standard InChI is InChI=1S/C15H15F3N2O4S/c1-25(21,22)8-5-12-19-13(24-20-12)14(6-7-14)10-3-2-4-11(9-10)23-15(16,17)18/h2-4,9H,5-8H2,1H3. The number of hydrogen-bond donors (Lipinski definition) is 0. The van der Waals surface area contributed by atoms with Gasteiger partial charge in [0.05, 0.1) is 11.2 Å². The molecule has 2 aromatic rings. The third-order valence-electron chi connectivity index (χ3n) is 3.94. The Labute approximate surface area is 141 Å². The second-order valence-corrected chi connectivity index (χ2v) is 8.31. The van der Waals surface area contributed by atoms with Crippen LogP contribution in [0.2, 0.25) is 0 Å². The molecule has 0 N–H and O–H groups in total. The minimum absolute atomic E-state index is 0.103. The van der Waals surface area contributed by atoms with Gasteiger partial charge in [0.25, 0.3) is 0 Å². The summed E-state index contributed by atoms with van der Waals surface area (Å²) in [6.45, 7) is 0. The summed E-state index contributed by atoms with van der Waals surface area (Å²) in [6, 6.07) is 5.67. The van der Waals surface area contributed by atoms with Crippen molar-refractivity contribution in [1.29, 1.82) is 0 Å². The van der Waals surface area contributed by atoms with Crippen molar-refractivity contribution in [2.75, 3.05) is 12.0 Å². The first kappa shape index (κ1) is 17.7. The number of aromatic nitrogens is 2. The average Bonchev–Trinajstić information content (AvgIpc) is 3.15. The van der Waals surface area contributed by atoms with Crippen LogP contribution in [-0.2, 0) is 21.7 Å². The maximum Gasteiger partial charge on any atom is 0.573 e. The van der Waals surface area contributed by atoms with Gasteiger partial charge in [-0.05, 0) is 30.5 Å². The molecule has 1 saturated carbocycles. The Bertz CT molecular complexity index is 873. The Balaban J connectivity index is 1.81. The van der Waals surface area contributed by atoms with Crippen molar-refractivity contribution < 1.29 is 30.8 Å². The van der Waals surface area contributed by atoms with E-state index in [4.69, 9.17) is 4.52 Å². The summed E-state index contributed by atoms with van der Waals surface area (Å²) in [5.41, 5.74) is -0.0473. The van der Waals surface area contributed by atoms with Crippen molar-refractivity contribution in [2.24, 2.45) is 0 Å². The lowest BCUT2D eigenvalue weighted by Gasteiger charge is -2.14. The van der Waals surface area contributed by atoms with Crippen LogP contribution in [0.1, 0.15) is 30.1 Å². The van der Waals surface area contributed by atoms with Gasteiger partial charge in [-0.15, -0.1) is 13.2 Å². The van der Waals surface area contributed by atoms with Gasteiger partial charge in [-0.3, -0.25) is 0 Å². The maximum absolute atomic E-state index is 12.4. The van der Waals surface area contributed by atoms with E-state index in [0.29, 0.717) is 18.4 Å².